The lowest BCUT2D eigenvalue weighted by Crippen LogP contribution is -2.06. The smallest absolute Gasteiger partial charge is 0.277 e. The molecule has 0 aliphatic carbocycles. The Morgan fingerprint density at radius 1 is 1.38 bits per heavy atom. The van der Waals surface area contributed by atoms with Crippen molar-refractivity contribution >= 4 is 17.5 Å². The Kier molecular flexibility index (Phi) is 6.53. The van der Waals surface area contributed by atoms with E-state index in [0.717, 1.165) is 23.1 Å². The van der Waals surface area contributed by atoms with E-state index in [9.17, 15) is 9.18 Å². The van der Waals surface area contributed by atoms with Gasteiger partial charge in [-0.15, -0.1) is 16.8 Å². The average molecular weight is 415 g/mol. The van der Waals surface area contributed by atoms with Crippen LogP contribution in [0.3, 0.4) is 0 Å². The van der Waals surface area contributed by atoms with Crippen LogP contribution >= 0.6 is 11.8 Å². The molecule has 1 atom stereocenters. The molecule has 0 amide bonds. The van der Waals surface area contributed by atoms with Crippen LogP contribution in [0.1, 0.15) is 40.7 Å². The van der Waals surface area contributed by atoms with Gasteiger partial charge in [0.05, 0.1) is 5.75 Å². The highest BCUT2D eigenvalue weighted by atomic mass is 32.2. The van der Waals surface area contributed by atoms with Crippen molar-refractivity contribution in [3.8, 4) is 5.75 Å². The summed E-state index contributed by atoms with van der Waals surface area (Å²) in [5.41, 5.74) is 2.59. The molecule has 0 saturated carbocycles. The fourth-order valence-electron chi connectivity index (χ4n) is 2.92. The number of aryl methyl sites for hydroxylation is 1. The lowest BCUT2D eigenvalue weighted by Gasteiger charge is -2.11. The van der Waals surface area contributed by atoms with Gasteiger partial charge in [0.1, 0.15) is 0 Å². The van der Waals surface area contributed by atoms with E-state index in [4.69, 9.17) is 9.15 Å². The molecule has 0 aliphatic rings. The van der Waals surface area contributed by atoms with E-state index in [0.29, 0.717) is 12.1 Å². The number of carbonyl (C=O) groups is 1. The molecule has 1 aromatic carbocycles. The Labute approximate surface area is 172 Å². The largest absolute Gasteiger partial charge is 0.478 e. The van der Waals surface area contributed by atoms with Gasteiger partial charge in [-0.25, -0.2) is 4.39 Å². The number of aromatic nitrogens is 3. The monoisotopic (exact) mass is 415 g/mol. The second-order valence-corrected chi connectivity index (χ2v) is 7.42. The van der Waals surface area contributed by atoms with E-state index in [2.05, 4.69) is 16.8 Å². The van der Waals surface area contributed by atoms with Crippen LogP contribution in [0.4, 0.5) is 4.39 Å². The van der Waals surface area contributed by atoms with Crippen molar-refractivity contribution < 1.29 is 18.3 Å². The molecule has 0 unspecified atom stereocenters. The number of thioether (sulfide) groups is 1. The predicted octanol–water partition coefficient (Wildman–Crippen LogP) is 4.93. The van der Waals surface area contributed by atoms with Crippen molar-refractivity contribution in [2.45, 2.75) is 38.6 Å². The molecule has 29 heavy (non-hydrogen) atoms. The van der Waals surface area contributed by atoms with E-state index < -0.39 is 11.9 Å². The highest BCUT2D eigenvalue weighted by Gasteiger charge is 2.20. The topological polar surface area (TPSA) is 70.2 Å². The summed E-state index contributed by atoms with van der Waals surface area (Å²) in [6.07, 6.45) is 1.18. The van der Waals surface area contributed by atoms with Crippen LogP contribution in [0.15, 0.2) is 52.6 Å². The van der Waals surface area contributed by atoms with Crippen LogP contribution in [0, 0.1) is 19.7 Å². The molecular formula is C21H22FN3O3S. The van der Waals surface area contributed by atoms with Crippen LogP contribution in [0.25, 0.3) is 0 Å². The van der Waals surface area contributed by atoms with Crippen LogP contribution in [-0.4, -0.2) is 26.3 Å². The number of allylic oxidation sites excluding steroid dienone is 1. The number of carbonyl (C=O) groups excluding carboxylic acids is 1. The van der Waals surface area contributed by atoms with Crippen LogP contribution < -0.4 is 4.74 Å². The fraction of sp³-hybridized carbons (Fsp3) is 0.286. The highest BCUT2D eigenvalue weighted by Crippen LogP contribution is 2.26. The maximum absolute atomic E-state index is 13.7. The summed E-state index contributed by atoms with van der Waals surface area (Å²) in [5, 5.41) is 8.15. The van der Waals surface area contributed by atoms with Gasteiger partial charge in [0.25, 0.3) is 11.1 Å². The van der Waals surface area contributed by atoms with Gasteiger partial charge < -0.3 is 13.7 Å². The summed E-state index contributed by atoms with van der Waals surface area (Å²) in [4.78, 5) is 12.6. The normalized spacial score (nSPS) is 12.0. The van der Waals surface area contributed by atoms with Crippen LogP contribution in [-0.2, 0) is 6.54 Å². The van der Waals surface area contributed by atoms with Gasteiger partial charge in [-0.3, -0.25) is 4.79 Å². The summed E-state index contributed by atoms with van der Waals surface area (Å²) in [5.74, 6) is 0.00880. The van der Waals surface area contributed by atoms with E-state index in [-0.39, 0.29) is 28.4 Å². The second kappa shape index (κ2) is 9.09. The van der Waals surface area contributed by atoms with Gasteiger partial charge in [-0.05, 0) is 39.0 Å². The van der Waals surface area contributed by atoms with Crippen molar-refractivity contribution in [2.24, 2.45) is 0 Å². The first kappa shape index (κ1) is 20.9. The fourth-order valence-corrected chi connectivity index (χ4v) is 3.58. The van der Waals surface area contributed by atoms with E-state index in [1.54, 1.807) is 25.1 Å². The summed E-state index contributed by atoms with van der Waals surface area (Å²) in [6, 6.07) is 7.98. The second-order valence-electron chi connectivity index (χ2n) is 6.49. The first-order valence-corrected chi connectivity index (χ1v) is 10.1. The summed E-state index contributed by atoms with van der Waals surface area (Å²) in [6.45, 7) is 9.97. The highest BCUT2D eigenvalue weighted by molar-refractivity contribution is 7.99. The zero-order chi connectivity index (χ0) is 21.0. The zero-order valence-corrected chi connectivity index (χ0v) is 17.3. The van der Waals surface area contributed by atoms with Gasteiger partial charge in [-0.1, -0.05) is 30.0 Å². The summed E-state index contributed by atoms with van der Waals surface area (Å²) < 4.78 is 26.9. The molecule has 3 rings (SSSR count). The molecule has 0 aliphatic heterocycles. The molecule has 8 heteroatoms. The minimum atomic E-state index is -0.623. The minimum Gasteiger partial charge on any atom is -0.478 e. The molecule has 2 aromatic heterocycles. The predicted molar refractivity (Wildman–Crippen MR) is 109 cm³/mol. The number of Topliss-reactive ketones (excluding diaryl/α,β-unsaturated/α-hetero) is 1. The van der Waals surface area contributed by atoms with Crippen LogP contribution in [0.5, 0.6) is 5.75 Å². The number of ether oxygens (including phenoxy) is 1. The van der Waals surface area contributed by atoms with Crippen LogP contribution in [0.2, 0.25) is 0 Å². The number of halogens is 1. The Balaban J connectivity index is 1.62. The van der Waals surface area contributed by atoms with Crippen molar-refractivity contribution in [1.29, 1.82) is 0 Å². The zero-order valence-electron chi connectivity index (χ0n) is 16.5. The molecule has 152 valence electrons. The van der Waals surface area contributed by atoms with E-state index in [1.165, 1.54) is 12.1 Å². The van der Waals surface area contributed by atoms with Crippen molar-refractivity contribution in [1.82, 2.24) is 14.8 Å². The lowest BCUT2D eigenvalue weighted by atomic mass is 10.2. The van der Waals surface area contributed by atoms with Gasteiger partial charge in [0, 0.05) is 23.5 Å². The molecule has 0 bridgehead atoms. The van der Waals surface area contributed by atoms with Crippen molar-refractivity contribution in [2.75, 3.05) is 5.75 Å². The standard InChI is InChI=1S/C21H22FN3O3S/c1-5-10-25-13(2)11-16(14(25)3)18(26)12-29-21-24-23-20(28-21)15(4)27-19-9-7-6-8-17(19)22/h5-9,11,15H,1,10,12H2,2-4H3/t15-/m1/s1. The van der Waals surface area contributed by atoms with Gasteiger partial charge in [0.15, 0.2) is 23.5 Å². The number of nitrogens with zero attached hydrogens (tertiary/aromatic N) is 3. The van der Waals surface area contributed by atoms with Crippen molar-refractivity contribution in [3.05, 3.63) is 71.6 Å². The molecule has 0 saturated heterocycles. The molecule has 0 spiro atoms. The summed E-state index contributed by atoms with van der Waals surface area (Å²) >= 11 is 1.16. The number of ketones is 1. The molecule has 0 N–H and O–H groups in total. The SMILES string of the molecule is C=CCn1c(C)cc(C(=O)CSc2nnc([C@@H](C)Oc3ccccc3F)o2)c1C. The third kappa shape index (κ3) is 4.76. The molecule has 0 fully saturated rings. The molecule has 6 nitrogen and oxygen atoms in total. The van der Waals surface area contributed by atoms with Gasteiger partial charge in [-0.2, -0.15) is 0 Å². The Morgan fingerprint density at radius 2 is 2.14 bits per heavy atom. The molecule has 3 aromatic rings. The Bertz CT molecular complexity index is 1030. The Hall–Kier alpha value is -2.87. The number of rotatable bonds is 9. The maximum atomic E-state index is 13.7. The number of hydrogen-bond acceptors (Lipinski definition) is 6. The maximum Gasteiger partial charge on any atom is 0.277 e. The summed E-state index contributed by atoms with van der Waals surface area (Å²) in [7, 11) is 0. The number of para-hydroxylation sites is 1. The third-order valence-electron chi connectivity index (χ3n) is 4.42. The van der Waals surface area contributed by atoms with Crippen molar-refractivity contribution in [3.63, 3.8) is 0 Å². The molecule has 2 heterocycles. The third-order valence-corrected chi connectivity index (χ3v) is 5.24. The lowest BCUT2D eigenvalue weighted by molar-refractivity contribution is 0.102. The minimum absolute atomic E-state index is 0.0196. The van der Waals surface area contributed by atoms with Gasteiger partial charge >= 0.3 is 0 Å². The van der Waals surface area contributed by atoms with E-state index in [1.807, 2.05) is 24.5 Å². The number of benzene rings is 1. The quantitative estimate of drug-likeness (QED) is 0.280. The van der Waals surface area contributed by atoms with E-state index >= 15 is 0 Å². The molecular weight excluding hydrogens is 393 g/mol. The molecule has 0 radical (unpaired) electrons. The van der Waals surface area contributed by atoms with Gasteiger partial charge in [0.2, 0.25) is 0 Å². The number of hydrogen-bond donors (Lipinski definition) is 0. The average Bonchev–Trinajstić information content (AvgIpc) is 3.28. The first-order valence-electron chi connectivity index (χ1n) is 9.09. The Morgan fingerprint density at radius 3 is 2.86 bits per heavy atom. The first-order chi connectivity index (χ1) is 13.9.